The molecular weight excluding hydrogens is 442 g/mol. The summed E-state index contributed by atoms with van der Waals surface area (Å²) < 4.78 is 10.2. The molecule has 0 aliphatic heterocycles. The van der Waals surface area contributed by atoms with Gasteiger partial charge in [-0.2, -0.15) is 5.10 Å². The van der Waals surface area contributed by atoms with Crippen LogP contribution < -0.4 is 0 Å². The average molecular weight is 468 g/mol. The number of rotatable bonds is 7. The minimum Gasteiger partial charge on any atom is -0.469 e. The number of aromatic amines is 1. The lowest BCUT2D eigenvalue weighted by Crippen LogP contribution is -2.04. The van der Waals surface area contributed by atoms with Crippen LogP contribution in [0.4, 0.5) is 0 Å². The summed E-state index contributed by atoms with van der Waals surface area (Å²) in [5.41, 5.74) is 9.09. The molecule has 0 unspecified atom stereocenters. The van der Waals surface area contributed by atoms with E-state index in [1.807, 2.05) is 68.7 Å². The molecule has 176 valence electrons. The van der Waals surface area contributed by atoms with Crippen molar-refractivity contribution in [1.82, 2.24) is 25.3 Å². The molecule has 0 saturated carbocycles. The lowest BCUT2D eigenvalue weighted by Gasteiger charge is -2.11. The van der Waals surface area contributed by atoms with Gasteiger partial charge < -0.3 is 9.26 Å². The second kappa shape index (κ2) is 9.50. The van der Waals surface area contributed by atoms with Gasteiger partial charge in [0.15, 0.2) is 0 Å². The molecule has 5 rings (SSSR count). The van der Waals surface area contributed by atoms with Gasteiger partial charge in [-0.3, -0.25) is 19.9 Å². The van der Waals surface area contributed by atoms with Crippen molar-refractivity contribution in [2.75, 3.05) is 7.11 Å². The quantitative estimate of drug-likeness (QED) is 0.343. The fourth-order valence-corrected chi connectivity index (χ4v) is 4.38. The summed E-state index contributed by atoms with van der Waals surface area (Å²) >= 11 is 0. The van der Waals surface area contributed by atoms with E-state index in [9.17, 15) is 4.79 Å². The molecule has 0 radical (unpaired) electrons. The highest BCUT2D eigenvalue weighted by molar-refractivity contribution is 5.95. The first-order chi connectivity index (χ1) is 17.0. The van der Waals surface area contributed by atoms with E-state index in [2.05, 4.69) is 20.3 Å². The Morgan fingerprint density at radius 3 is 2.57 bits per heavy atom. The third kappa shape index (κ3) is 4.42. The smallest absolute Gasteiger partial charge is 0.309 e. The third-order valence-electron chi connectivity index (χ3n) is 6.15. The molecule has 0 aliphatic carbocycles. The second-order valence-corrected chi connectivity index (χ2v) is 8.42. The molecule has 35 heavy (non-hydrogen) atoms. The number of benzene rings is 1. The van der Waals surface area contributed by atoms with E-state index in [1.54, 1.807) is 0 Å². The standard InChI is InChI=1S/C27H25N5O3/c1-16-24(17(2)35-32-16)22-15-29-27-25(19-9-7-18(8-10-19)14-23(33)34-3)30-31-26(27)21(22)12-11-20-6-4-5-13-28-20/h4-10,13,15H,11-12,14H2,1-3H3,(H,30,31). The molecule has 8 nitrogen and oxygen atoms in total. The topological polar surface area (TPSA) is 107 Å². The SMILES string of the molecule is COC(=O)Cc1ccc(-c2n[nH]c3c(CCc4ccccn4)c(-c4c(C)noc4C)cnc23)cc1. The maximum absolute atomic E-state index is 11.6. The zero-order valence-electron chi connectivity index (χ0n) is 19.8. The van der Waals surface area contributed by atoms with Gasteiger partial charge in [-0.1, -0.05) is 35.5 Å². The molecule has 0 amide bonds. The van der Waals surface area contributed by atoms with Crippen molar-refractivity contribution in [2.24, 2.45) is 0 Å². The molecule has 1 N–H and O–H groups in total. The summed E-state index contributed by atoms with van der Waals surface area (Å²) in [6.45, 7) is 3.85. The summed E-state index contributed by atoms with van der Waals surface area (Å²) in [6, 6.07) is 13.7. The van der Waals surface area contributed by atoms with Crippen LogP contribution in [0, 0.1) is 13.8 Å². The van der Waals surface area contributed by atoms with E-state index in [4.69, 9.17) is 14.2 Å². The van der Waals surface area contributed by atoms with Crippen molar-refractivity contribution in [2.45, 2.75) is 33.1 Å². The Kier molecular flexibility index (Phi) is 6.10. The minimum absolute atomic E-state index is 0.231. The van der Waals surface area contributed by atoms with Gasteiger partial charge in [0.2, 0.25) is 0 Å². The van der Waals surface area contributed by atoms with Gasteiger partial charge in [0, 0.05) is 34.8 Å². The Balaban J connectivity index is 1.57. The number of hydrogen-bond donors (Lipinski definition) is 1. The molecule has 1 aromatic carbocycles. The highest BCUT2D eigenvalue weighted by Gasteiger charge is 2.21. The van der Waals surface area contributed by atoms with E-state index < -0.39 is 0 Å². The normalized spacial score (nSPS) is 11.2. The highest BCUT2D eigenvalue weighted by atomic mass is 16.5. The predicted octanol–water partition coefficient (Wildman–Crippen LogP) is 4.79. The zero-order valence-corrected chi connectivity index (χ0v) is 19.8. The van der Waals surface area contributed by atoms with E-state index in [0.29, 0.717) is 0 Å². The number of esters is 1. The molecule has 0 saturated heterocycles. The van der Waals surface area contributed by atoms with Crippen LogP contribution >= 0.6 is 0 Å². The van der Waals surface area contributed by atoms with Gasteiger partial charge in [-0.15, -0.1) is 0 Å². The number of H-pyrrole nitrogens is 1. The maximum Gasteiger partial charge on any atom is 0.309 e. The molecule has 0 aliphatic rings. The molecule has 0 fully saturated rings. The number of carbonyl (C=O) groups is 1. The molecule has 4 heterocycles. The van der Waals surface area contributed by atoms with Crippen molar-refractivity contribution in [1.29, 1.82) is 0 Å². The van der Waals surface area contributed by atoms with Crippen molar-refractivity contribution >= 4 is 17.0 Å². The van der Waals surface area contributed by atoms with E-state index in [0.717, 1.165) is 74.5 Å². The summed E-state index contributed by atoms with van der Waals surface area (Å²) in [7, 11) is 1.39. The number of ether oxygens (including phenoxy) is 1. The Bertz CT molecular complexity index is 1470. The Morgan fingerprint density at radius 1 is 1.06 bits per heavy atom. The first-order valence-electron chi connectivity index (χ1n) is 11.4. The second-order valence-electron chi connectivity index (χ2n) is 8.42. The Hall–Kier alpha value is -4.33. The summed E-state index contributed by atoms with van der Waals surface area (Å²) in [6.07, 6.45) is 5.44. The molecule has 5 aromatic rings. The average Bonchev–Trinajstić information content (AvgIpc) is 3.46. The van der Waals surface area contributed by atoms with Crippen LogP contribution in [0.25, 0.3) is 33.4 Å². The fourth-order valence-electron chi connectivity index (χ4n) is 4.38. The van der Waals surface area contributed by atoms with Crippen LogP contribution in [0.3, 0.4) is 0 Å². The van der Waals surface area contributed by atoms with Crippen LogP contribution in [0.5, 0.6) is 0 Å². The number of methoxy groups -OCH3 is 1. The summed E-state index contributed by atoms with van der Waals surface area (Å²) in [5, 5.41) is 12.0. The van der Waals surface area contributed by atoms with E-state index in [1.165, 1.54) is 7.11 Å². The molecular formula is C27H25N5O3. The largest absolute Gasteiger partial charge is 0.469 e. The van der Waals surface area contributed by atoms with Crippen molar-refractivity contribution in [3.05, 3.63) is 83.1 Å². The van der Waals surface area contributed by atoms with Crippen LogP contribution in [-0.4, -0.2) is 38.4 Å². The van der Waals surface area contributed by atoms with Gasteiger partial charge in [-0.05, 0) is 49.9 Å². The van der Waals surface area contributed by atoms with Gasteiger partial charge in [-0.25, -0.2) is 0 Å². The molecule has 0 bridgehead atoms. The summed E-state index contributed by atoms with van der Waals surface area (Å²) in [4.78, 5) is 20.9. The number of nitrogens with zero attached hydrogens (tertiary/aromatic N) is 4. The fraction of sp³-hybridized carbons (Fsp3) is 0.222. The van der Waals surface area contributed by atoms with Crippen LogP contribution in [-0.2, 0) is 28.8 Å². The molecule has 0 spiro atoms. The first-order valence-corrected chi connectivity index (χ1v) is 11.4. The summed E-state index contributed by atoms with van der Waals surface area (Å²) in [5.74, 6) is 0.484. The van der Waals surface area contributed by atoms with Gasteiger partial charge in [0.1, 0.15) is 17.0 Å². The highest BCUT2D eigenvalue weighted by Crippen LogP contribution is 2.36. The number of hydrogen-bond acceptors (Lipinski definition) is 7. The van der Waals surface area contributed by atoms with Crippen LogP contribution in [0.2, 0.25) is 0 Å². The first kappa shape index (κ1) is 22.5. The Morgan fingerprint density at radius 2 is 1.89 bits per heavy atom. The lowest BCUT2D eigenvalue weighted by molar-refractivity contribution is -0.139. The van der Waals surface area contributed by atoms with Gasteiger partial charge in [0.05, 0.1) is 24.7 Å². The van der Waals surface area contributed by atoms with E-state index >= 15 is 0 Å². The predicted molar refractivity (Wildman–Crippen MR) is 132 cm³/mol. The Labute approximate surface area is 202 Å². The molecule has 4 aromatic heterocycles. The number of aryl methyl sites for hydroxylation is 4. The van der Waals surface area contributed by atoms with Crippen LogP contribution in [0.15, 0.2) is 59.4 Å². The zero-order chi connectivity index (χ0) is 24.4. The maximum atomic E-state index is 11.6. The van der Waals surface area contributed by atoms with Crippen molar-refractivity contribution in [3.63, 3.8) is 0 Å². The number of fused-ring (bicyclic) bond motifs is 1. The third-order valence-corrected chi connectivity index (χ3v) is 6.15. The van der Waals surface area contributed by atoms with Crippen molar-refractivity contribution < 1.29 is 14.1 Å². The molecule has 8 heteroatoms. The van der Waals surface area contributed by atoms with Crippen LogP contribution in [0.1, 0.15) is 28.3 Å². The van der Waals surface area contributed by atoms with E-state index in [-0.39, 0.29) is 12.4 Å². The number of nitrogens with one attached hydrogen (secondary N) is 1. The van der Waals surface area contributed by atoms with Gasteiger partial charge in [0.25, 0.3) is 0 Å². The number of pyridine rings is 2. The lowest BCUT2D eigenvalue weighted by atomic mass is 9.95. The van der Waals surface area contributed by atoms with Crippen molar-refractivity contribution in [3.8, 4) is 22.4 Å². The monoisotopic (exact) mass is 467 g/mol. The minimum atomic E-state index is -0.269. The van der Waals surface area contributed by atoms with Gasteiger partial charge >= 0.3 is 5.97 Å². The molecule has 0 atom stereocenters. The number of carbonyl (C=O) groups excluding carboxylic acids is 1. The number of aromatic nitrogens is 5.